The Bertz CT molecular complexity index is 574. The molecule has 0 aliphatic rings. The van der Waals surface area contributed by atoms with E-state index < -0.39 is 5.60 Å². The number of nitrogen functional groups attached to an aromatic ring is 1. The van der Waals surface area contributed by atoms with E-state index in [0.717, 1.165) is 17.5 Å². The summed E-state index contributed by atoms with van der Waals surface area (Å²) < 4.78 is 0. The number of anilines is 1. The molecule has 0 fully saturated rings. The highest BCUT2D eigenvalue weighted by Gasteiger charge is 2.28. The summed E-state index contributed by atoms with van der Waals surface area (Å²) in [6, 6.07) is 9.84. The molecular weight excluding hydrogens is 236 g/mol. The summed E-state index contributed by atoms with van der Waals surface area (Å²) in [7, 11) is 0. The molecule has 0 saturated carbocycles. The number of aryl methyl sites for hydroxylation is 2. The van der Waals surface area contributed by atoms with Crippen molar-refractivity contribution in [1.82, 2.24) is 4.98 Å². The first-order valence-corrected chi connectivity index (χ1v) is 6.49. The van der Waals surface area contributed by atoms with E-state index in [9.17, 15) is 5.11 Å². The highest BCUT2D eigenvalue weighted by Crippen LogP contribution is 2.32. The van der Waals surface area contributed by atoms with Crippen molar-refractivity contribution < 1.29 is 5.11 Å². The minimum atomic E-state index is -1.13. The van der Waals surface area contributed by atoms with Crippen LogP contribution in [0.15, 0.2) is 36.5 Å². The number of hydrogen-bond acceptors (Lipinski definition) is 3. The molecule has 3 heteroatoms. The van der Waals surface area contributed by atoms with E-state index in [-0.39, 0.29) is 0 Å². The highest BCUT2D eigenvalue weighted by atomic mass is 16.3. The molecule has 100 valence electrons. The second kappa shape index (κ2) is 5.02. The number of rotatable bonds is 3. The summed E-state index contributed by atoms with van der Waals surface area (Å²) in [4.78, 5) is 4.12. The van der Waals surface area contributed by atoms with Crippen LogP contribution in [-0.2, 0) is 12.0 Å². The molecule has 2 rings (SSSR count). The number of pyridine rings is 1. The minimum Gasteiger partial charge on any atom is -0.383 e. The Labute approximate surface area is 114 Å². The molecule has 3 N–H and O–H groups in total. The van der Waals surface area contributed by atoms with Crippen LogP contribution in [0.2, 0.25) is 0 Å². The summed E-state index contributed by atoms with van der Waals surface area (Å²) in [6.07, 6.45) is 2.69. The Morgan fingerprint density at radius 2 is 1.89 bits per heavy atom. The maximum atomic E-state index is 10.8. The van der Waals surface area contributed by atoms with Gasteiger partial charge in [-0.3, -0.25) is 0 Å². The maximum absolute atomic E-state index is 10.8. The van der Waals surface area contributed by atoms with Crippen molar-refractivity contribution in [2.75, 3.05) is 5.73 Å². The number of aliphatic hydroxyl groups is 1. The second-order valence-electron chi connectivity index (χ2n) is 5.07. The lowest BCUT2D eigenvalue weighted by Crippen LogP contribution is -2.25. The van der Waals surface area contributed by atoms with Crippen LogP contribution < -0.4 is 5.73 Å². The van der Waals surface area contributed by atoms with E-state index in [1.807, 2.05) is 37.3 Å². The molecule has 0 aliphatic carbocycles. The lowest BCUT2D eigenvalue weighted by molar-refractivity contribution is 0.103. The smallest absolute Gasteiger partial charge is 0.129 e. The number of benzene rings is 1. The van der Waals surface area contributed by atoms with Crippen LogP contribution in [0, 0.1) is 6.92 Å². The molecule has 0 aliphatic heterocycles. The van der Waals surface area contributed by atoms with Crippen LogP contribution in [0.3, 0.4) is 0 Å². The van der Waals surface area contributed by atoms with Crippen molar-refractivity contribution in [3.05, 3.63) is 58.8 Å². The van der Waals surface area contributed by atoms with Gasteiger partial charge in [0, 0.05) is 11.8 Å². The average Bonchev–Trinajstić information content (AvgIpc) is 2.41. The largest absolute Gasteiger partial charge is 0.383 e. The van der Waals surface area contributed by atoms with E-state index in [1.165, 1.54) is 5.56 Å². The van der Waals surface area contributed by atoms with Gasteiger partial charge >= 0.3 is 0 Å². The molecular formula is C16H20N2O. The number of aromatic nitrogens is 1. The lowest BCUT2D eigenvalue weighted by atomic mass is 9.87. The van der Waals surface area contributed by atoms with Gasteiger partial charge in [0.2, 0.25) is 0 Å². The van der Waals surface area contributed by atoms with Crippen molar-refractivity contribution >= 4 is 5.82 Å². The van der Waals surface area contributed by atoms with Gasteiger partial charge in [-0.2, -0.15) is 0 Å². The van der Waals surface area contributed by atoms with Crippen molar-refractivity contribution in [3.8, 4) is 0 Å². The zero-order valence-corrected chi connectivity index (χ0v) is 11.6. The van der Waals surface area contributed by atoms with Gasteiger partial charge in [-0.15, -0.1) is 0 Å². The third kappa shape index (κ3) is 2.61. The predicted molar refractivity (Wildman–Crippen MR) is 77.9 cm³/mol. The van der Waals surface area contributed by atoms with Gasteiger partial charge in [0.05, 0.1) is 0 Å². The van der Waals surface area contributed by atoms with Crippen LogP contribution >= 0.6 is 0 Å². The van der Waals surface area contributed by atoms with Crippen molar-refractivity contribution in [1.29, 1.82) is 0 Å². The topological polar surface area (TPSA) is 59.1 Å². The molecule has 19 heavy (non-hydrogen) atoms. The van der Waals surface area contributed by atoms with Crippen molar-refractivity contribution in [2.45, 2.75) is 32.8 Å². The molecule has 0 amide bonds. The monoisotopic (exact) mass is 256 g/mol. The molecule has 1 unspecified atom stereocenters. The van der Waals surface area contributed by atoms with Crippen molar-refractivity contribution in [3.63, 3.8) is 0 Å². The fourth-order valence-electron chi connectivity index (χ4n) is 2.19. The van der Waals surface area contributed by atoms with Crippen LogP contribution in [0.25, 0.3) is 0 Å². The third-order valence-corrected chi connectivity index (χ3v) is 3.50. The number of nitrogens with two attached hydrogens (primary N) is 1. The zero-order chi connectivity index (χ0) is 14.0. The molecule has 0 bridgehead atoms. The minimum absolute atomic E-state index is 0.371. The summed E-state index contributed by atoms with van der Waals surface area (Å²) in [5.74, 6) is 0.371. The van der Waals surface area contributed by atoms with Gasteiger partial charge in [0.25, 0.3) is 0 Å². The number of nitrogens with zero attached hydrogens (tertiary/aromatic N) is 1. The lowest BCUT2D eigenvalue weighted by Gasteiger charge is -2.26. The first-order chi connectivity index (χ1) is 8.95. The van der Waals surface area contributed by atoms with Gasteiger partial charge in [-0.05, 0) is 43.0 Å². The Balaban J connectivity index is 2.48. The fraction of sp³-hybridized carbons (Fsp3) is 0.312. The fourth-order valence-corrected chi connectivity index (χ4v) is 2.19. The summed E-state index contributed by atoms with van der Waals surface area (Å²) >= 11 is 0. The Morgan fingerprint density at radius 3 is 2.47 bits per heavy atom. The standard InChI is InChI=1S/C16H20N2O/c1-4-12-5-7-13(8-6-12)16(3,19)14-9-11(2)10-18-15(14)17/h5-10,19H,4H2,1-3H3,(H2,17,18). The van der Waals surface area contributed by atoms with Gasteiger partial charge < -0.3 is 10.8 Å². The van der Waals surface area contributed by atoms with Crippen LogP contribution in [0.1, 0.15) is 36.1 Å². The molecule has 1 aromatic heterocycles. The Morgan fingerprint density at radius 1 is 1.26 bits per heavy atom. The predicted octanol–water partition coefficient (Wildman–Crippen LogP) is 2.79. The Kier molecular flexibility index (Phi) is 3.58. The van der Waals surface area contributed by atoms with E-state index in [0.29, 0.717) is 11.4 Å². The van der Waals surface area contributed by atoms with Crippen LogP contribution in [0.4, 0.5) is 5.82 Å². The van der Waals surface area contributed by atoms with E-state index in [4.69, 9.17) is 5.73 Å². The zero-order valence-electron chi connectivity index (χ0n) is 11.6. The first-order valence-electron chi connectivity index (χ1n) is 6.49. The van der Waals surface area contributed by atoms with Gasteiger partial charge in [0.15, 0.2) is 0 Å². The molecule has 1 aromatic carbocycles. The molecule has 1 heterocycles. The van der Waals surface area contributed by atoms with Gasteiger partial charge in [-0.25, -0.2) is 4.98 Å². The van der Waals surface area contributed by atoms with E-state index >= 15 is 0 Å². The number of hydrogen-bond donors (Lipinski definition) is 2. The summed E-state index contributed by atoms with van der Waals surface area (Å²) in [5, 5.41) is 10.8. The van der Waals surface area contributed by atoms with Crippen LogP contribution in [0.5, 0.6) is 0 Å². The average molecular weight is 256 g/mol. The normalized spacial score (nSPS) is 14.1. The summed E-state index contributed by atoms with van der Waals surface area (Å²) in [6.45, 7) is 5.79. The van der Waals surface area contributed by atoms with Crippen molar-refractivity contribution in [2.24, 2.45) is 0 Å². The third-order valence-electron chi connectivity index (χ3n) is 3.50. The molecule has 1 atom stereocenters. The maximum Gasteiger partial charge on any atom is 0.129 e. The van der Waals surface area contributed by atoms with E-state index in [1.54, 1.807) is 13.1 Å². The molecule has 0 saturated heterocycles. The van der Waals surface area contributed by atoms with Crippen LogP contribution in [-0.4, -0.2) is 10.1 Å². The molecule has 2 aromatic rings. The molecule has 0 spiro atoms. The van der Waals surface area contributed by atoms with Gasteiger partial charge in [0.1, 0.15) is 11.4 Å². The second-order valence-corrected chi connectivity index (χ2v) is 5.07. The SMILES string of the molecule is CCc1ccc(C(C)(O)c2cc(C)cnc2N)cc1. The summed E-state index contributed by atoms with van der Waals surface area (Å²) in [5.41, 5.74) is 8.47. The quantitative estimate of drug-likeness (QED) is 0.887. The molecule has 3 nitrogen and oxygen atoms in total. The highest BCUT2D eigenvalue weighted by molar-refractivity contribution is 5.49. The molecule has 0 radical (unpaired) electrons. The van der Waals surface area contributed by atoms with E-state index in [2.05, 4.69) is 11.9 Å². The first kappa shape index (κ1) is 13.6. The Hall–Kier alpha value is -1.87. The van der Waals surface area contributed by atoms with Gasteiger partial charge in [-0.1, -0.05) is 31.2 Å².